The minimum Gasteiger partial charge on any atom is -0.392 e. The molecule has 144 valence electrons. The first-order valence-electron chi connectivity index (χ1n) is 9.93. The van der Waals surface area contributed by atoms with E-state index in [4.69, 9.17) is 8.37 Å². The highest BCUT2D eigenvalue weighted by molar-refractivity contribution is 7.75. The summed E-state index contributed by atoms with van der Waals surface area (Å²) in [6.07, 6.45) is 5.65. The molecule has 1 heterocycles. The normalized spacial score (nSPS) is 56.3. The molecular weight excluding hydrogens is 352 g/mol. The lowest BCUT2D eigenvalue weighted by molar-refractivity contribution is -0.234. The smallest absolute Gasteiger partial charge is 0.304 e. The summed E-state index contributed by atoms with van der Waals surface area (Å²) < 4.78 is 23.2. The van der Waals surface area contributed by atoms with Crippen LogP contribution in [-0.2, 0) is 24.5 Å². The van der Waals surface area contributed by atoms with Crippen molar-refractivity contribution in [1.29, 1.82) is 0 Å². The number of hydrogen-bond donors (Lipinski definition) is 1. The lowest BCUT2D eigenvalue weighted by atomic mass is 9.35. The van der Waals surface area contributed by atoms with Gasteiger partial charge in [0.1, 0.15) is 0 Å². The van der Waals surface area contributed by atoms with Gasteiger partial charge in [0.15, 0.2) is 5.78 Å². The summed E-state index contributed by atoms with van der Waals surface area (Å²) >= 11 is -1.73. The standard InChI is InChI=1S/C20H28O5S/c1-12-13-4-7-20(17(12)22)15(8-13)19-6-3-5-18(2,14(19)9-16(20)21)10-24-26(23)25-11-19/h13-16,21H,1,3-11H2,2H3/t13-,14?,15?,16+,18-,19-,20+,26?/m0/s1. The van der Waals surface area contributed by atoms with Crippen LogP contribution in [0.25, 0.3) is 0 Å². The Hall–Kier alpha value is -0.560. The van der Waals surface area contributed by atoms with E-state index in [1.165, 1.54) is 0 Å². The second kappa shape index (κ2) is 5.49. The summed E-state index contributed by atoms with van der Waals surface area (Å²) in [5, 5.41) is 11.3. The van der Waals surface area contributed by atoms with Crippen molar-refractivity contribution in [2.75, 3.05) is 13.2 Å². The summed E-state index contributed by atoms with van der Waals surface area (Å²) in [5.74, 6) is 0.648. The zero-order chi connectivity index (χ0) is 18.3. The van der Waals surface area contributed by atoms with Gasteiger partial charge in [0.25, 0.3) is 0 Å². The number of fused-ring (bicyclic) bond motifs is 2. The van der Waals surface area contributed by atoms with Crippen LogP contribution in [0.2, 0.25) is 0 Å². The number of rotatable bonds is 0. The molecule has 1 aliphatic heterocycles. The molecule has 6 heteroatoms. The molecule has 5 nitrogen and oxygen atoms in total. The van der Waals surface area contributed by atoms with Crippen LogP contribution in [0.3, 0.4) is 0 Å². The van der Waals surface area contributed by atoms with Crippen LogP contribution in [0.1, 0.15) is 51.9 Å². The highest BCUT2D eigenvalue weighted by atomic mass is 32.2. The summed E-state index contributed by atoms with van der Waals surface area (Å²) in [6.45, 7) is 7.05. The monoisotopic (exact) mass is 380 g/mol. The van der Waals surface area contributed by atoms with Crippen molar-refractivity contribution in [3.8, 4) is 0 Å². The predicted octanol–water partition coefficient (Wildman–Crippen LogP) is 2.71. The molecule has 4 bridgehead atoms. The molecule has 5 saturated carbocycles. The van der Waals surface area contributed by atoms with E-state index in [9.17, 15) is 14.1 Å². The Balaban J connectivity index is 1.67. The largest absolute Gasteiger partial charge is 0.392 e. The molecule has 0 amide bonds. The van der Waals surface area contributed by atoms with Gasteiger partial charge in [-0.15, -0.1) is 0 Å². The molecule has 26 heavy (non-hydrogen) atoms. The maximum Gasteiger partial charge on any atom is 0.304 e. The minimum absolute atomic E-state index is 0.0928. The van der Waals surface area contributed by atoms with Gasteiger partial charge in [-0.2, -0.15) is 4.21 Å². The lowest BCUT2D eigenvalue weighted by Crippen LogP contribution is -2.70. The Morgan fingerprint density at radius 1 is 1.15 bits per heavy atom. The van der Waals surface area contributed by atoms with Gasteiger partial charge in [0.05, 0.1) is 24.7 Å². The number of hydrogen-bond acceptors (Lipinski definition) is 5. The number of aliphatic hydroxyl groups excluding tert-OH is 1. The summed E-state index contributed by atoms with van der Waals surface area (Å²) in [6, 6.07) is 0. The lowest BCUT2D eigenvalue weighted by Gasteiger charge is -2.69. The quantitative estimate of drug-likeness (QED) is 0.654. The number of ketones is 1. The third-order valence-electron chi connectivity index (χ3n) is 8.84. The predicted molar refractivity (Wildman–Crippen MR) is 96.0 cm³/mol. The van der Waals surface area contributed by atoms with Gasteiger partial charge in [-0.25, -0.2) is 0 Å². The first kappa shape index (κ1) is 17.5. The maximum absolute atomic E-state index is 13.3. The molecular formula is C20H28O5S. The molecule has 0 aromatic rings. The van der Waals surface area contributed by atoms with E-state index in [1.807, 2.05) is 0 Å². The van der Waals surface area contributed by atoms with Gasteiger partial charge in [0, 0.05) is 5.41 Å². The fourth-order valence-corrected chi connectivity index (χ4v) is 8.37. The van der Waals surface area contributed by atoms with Crippen LogP contribution >= 0.6 is 0 Å². The van der Waals surface area contributed by atoms with E-state index in [0.29, 0.717) is 19.6 Å². The average Bonchev–Trinajstić information content (AvgIpc) is 2.63. The highest BCUT2D eigenvalue weighted by Crippen LogP contribution is 2.71. The second-order valence-electron chi connectivity index (χ2n) is 9.69. The summed E-state index contributed by atoms with van der Waals surface area (Å²) in [7, 11) is 0. The van der Waals surface area contributed by atoms with Gasteiger partial charge in [-0.3, -0.25) is 13.2 Å². The SMILES string of the molecule is C=C1C(=O)[C@]23CC[C@H]1CC2[C@@]12CCC[C@@](C)(COS(=O)OC1)C2C[C@H]3O. The van der Waals surface area contributed by atoms with E-state index in [1.54, 1.807) is 0 Å². The first-order valence-corrected chi connectivity index (χ1v) is 10.9. The molecule has 0 aromatic heterocycles. The number of aliphatic hydroxyl groups is 1. The van der Waals surface area contributed by atoms with Gasteiger partial charge in [0.2, 0.25) is 0 Å². The van der Waals surface area contributed by atoms with Crippen molar-refractivity contribution >= 4 is 17.1 Å². The zero-order valence-electron chi connectivity index (χ0n) is 15.4. The van der Waals surface area contributed by atoms with Crippen LogP contribution in [-0.4, -0.2) is 34.4 Å². The van der Waals surface area contributed by atoms with Crippen molar-refractivity contribution in [2.45, 2.75) is 58.0 Å². The van der Waals surface area contributed by atoms with Gasteiger partial charge < -0.3 is 5.11 Å². The van der Waals surface area contributed by atoms with Crippen molar-refractivity contribution in [1.82, 2.24) is 0 Å². The Morgan fingerprint density at radius 2 is 1.92 bits per heavy atom. The van der Waals surface area contributed by atoms with Gasteiger partial charge >= 0.3 is 11.4 Å². The number of Topliss-reactive ketones (excluding diaryl/α,β-unsaturated/α-hetero) is 1. The van der Waals surface area contributed by atoms with Crippen LogP contribution in [0, 0.1) is 34.0 Å². The molecule has 3 unspecified atom stereocenters. The van der Waals surface area contributed by atoms with Crippen molar-refractivity contribution in [2.24, 2.45) is 34.0 Å². The van der Waals surface area contributed by atoms with Crippen molar-refractivity contribution in [3.63, 3.8) is 0 Å². The van der Waals surface area contributed by atoms with Crippen LogP contribution in [0.5, 0.6) is 0 Å². The summed E-state index contributed by atoms with van der Waals surface area (Å²) in [4.78, 5) is 13.3. The van der Waals surface area contributed by atoms with Crippen LogP contribution < -0.4 is 0 Å². The van der Waals surface area contributed by atoms with Crippen LogP contribution in [0.4, 0.5) is 0 Å². The molecule has 1 saturated heterocycles. The number of carbonyl (C=O) groups excluding carboxylic acids is 1. The molecule has 6 aliphatic rings. The minimum atomic E-state index is -1.73. The Labute approximate surface area is 157 Å². The van der Waals surface area contributed by atoms with Gasteiger partial charge in [-0.1, -0.05) is 19.9 Å². The highest BCUT2D eigenvalue weighted by Gasteiger charge is 2.71. The average molecular weight is 381 g/mol. The summed E-state index contributed by atoms with van der Waals surface area (Å²) in [5.41, 5.74) is -0.304. The van der Waals surface area contributed by atoms with E-state index in [-0.39, 0.29) is 34.4 Å². The maximum atomic E-state index is 13.3. The molecule has 0 radical (unpaired) electrons. The molecule has 6 fully saturated rings. The number of carbonyl (C=O) groups is 1. The zero-order valence-corrected chi connectivity index (χ0v) is 16.2. The molecule has 5 aliphatic carbocycles. The molecule has 1 spiro atoms. The third-order valence-corrected chi connectivity index (χ3v) is 9.46. The van der Waals surface area contributed by atoms with Crippen molar-refractivity contribution in [3.05, 3.63) is 12.2 Å². The van der Waals surface area contributed by atoms with E-state index >= 15 is 0 Å². The topological polar surface area (TPSA) is 72.8 Å². The van der Waals surface area contributed by atoms with Gasteiger partial charge in [-0.05, 0) is 67.3 Å². The van der Waals surface area contributed by atoms with Crippen LogP contribution in [0.15, 0.2) is 12.2 Å². The number of allylic oxidation sites excluding steroid dienone is 1. The molecule has 0 aromatic carbocycles. The van der Waals surface area contributed by atoms with Crippen molar-refractivity contribution < 1.29 is 22.5 Å². The van der Waals surface area contributed by atoms with E-state index < -0.39 is 22.9 Å². The Bertz CT molecular complexity index is 706. The fourth-order valence-electron chi connectivity index (χ4n) is 7.62. The Morgan fingerprint density at radius 3 is 2.73 bits per heavy atom. The first-order chi connectivity index (χ1) is 12.3. The van der Waals surface area contributed by atoms with E-state index in [0.717, 1.165) is 44.1 Å². The molecule has 1 N–H and O–H groups in total. The second-order valence-corrected chi connectivity index (χ2v) is 10.6. The van der Waals surface area contributed by atoms with E-state index in [2.05, 4.69) is 13.5 Å². The third kappa shape index (κ3) is 1.97. The molecule has 8 atom stereocenters. The Kier molecular flexibility index (Phi) is 3.70. The fraction of sp³-hybridized carbons (Fsp3) is 0.850. The molecule has 6 rings (SSSR count).